The number of hydrogen-bond donors (Lipinski definition) is 0. The Kier molecular flexibility index (Phi) is 3.81. The lowest BCUT2D eigenvalue weighted by molar-refractivity contribution is -0.358. The average molecular weight is 470 g/mol. The van der Waals surface area contributed by atoms with Gasteiger partial charge in [-0.15, -0.1) is 0 Å². The van der Waals surface area contributed by atoms with E-state index in [-0.39, 0.29) is 0 Å². The normalized spacial score (nSPS) is 17.8. The van der Waals surface area contributed by atoms with Crippen LogP contribution in [0.15, 0.2) is 52.8 Å². The summed E-state index contributed by atoms with van der Waals surface area (Å²) < 4.78 is 38.7. The predicted octanol–water partition coefficient (Wildman–Crippen LogP) is 4.94. The highest BCUT2D eigenvalue weighted by Gasteiger charge is 2.54. The summed E-state index contributed by atoms with van der Waals surface area (Å²) in [5.74, 6) is 0.645. The highest BCUT2D eigenvalue weighted by atomic mass is 79.9. The van der Waals surface area contributed by atoms with Gasteiger partial charge in [0.1, 0.15) is 5.75 Å². The van der Waals surface area contributed by atoms with Crippen LogP contribution >= 0.6 is 31.9 Å². The second kappa shape index (κ2) is 5.67. The molecule has 0 N–H and O–H groups in total. The van der Waals surface area contributed by atoms with E-state index in [0.717, 1.165) is 20.1 Å². The fourth-order valence-corrected chi connectivity index (χ4v) is 4.56. The molecule has 0 radical (unpaired) electrons. The number of rotatable bonds is 2. The molecular weight excluding hydrogens is 457 g/mol. The Labute approximate surface area is 160 Å². The maximum absolute atomic E-state index is 15.2. The van der Waals surface area contributed by atoms with Crippen LogP contribution in [0.3, 0.4) is 0 Å². The molecule has 1 aromatic carbocycles. The minimum absolute atomic E-state index is 0.336. The second-order valence-electron chi connectivity index (χ2n) is 5.99. The van der Waals surface area contributed by atoms with Crippen molar-refractivity contribution in [3.05, 3.63) is 69.6 Å². The molecule has 1 aromatic heterocycles. The molecule has 2 aliphatic rings. The van der Waals surface area contributed by atoms with Crippen molar-refractivity contribution in [3.8, 4) is 5.75 Å². The minimum atomic E-state index is -4.01. The summed E-state index contributed by atoms with van der Waals surface area (Å²) in [5, 5.41) is 0. The van der Waals surface area contributed by atoms with E-state index in [1.807, 2.05) is 25.1 Å². The van der Waals surface area contributed by atoms with Gasteiger partial charge in [0.05, 0.1) is 17.3 Å². The summed E-state index contributed by atoms with van der Waals surface area (Å²) in [6.07, 6.45) is 3.36. The number of allylic oxidation sites excluding steroid dienone is 2. The fourth-order valence-electron chi connectivity index (χ4n) is 3.43. The topological polar surface area (TPSA) is 17.2 Å². The molecule has 0 saturated carbocycles. The van der Waals surface area contributed by atoms with Gasteiger partial charge in [0.25, 0.3) is 0 Å². The molecule has 2 aliphatic heterocycles. The van der Waals surface area contributed by atoms with Gasteiger partial charge in [0.15, 0.2) is 5.70 Å². The molecule has 2 aromatic rings. The first-order valence-corrected chi connectivity index (χ1v) is 9.23. The van der Waals surface area contributed by atoms with Gasteiger partial charge in [-0.05, 0) is 47.1 Å². The Morgan fingerprint density at radius 3 is 2.60 bits per heavy atom. The molecule has 0 amide bonds. The molecule has 0 unspecified atom stereocenters. The lowest BCUT2D eigenvalue weighted by atomic mass is 9.86. The molecule has 0 atom stereocenters. The fraction of sp³-hybridized carbons (Fsp3) is 0.118. The van der Waals surface area contributed by atoms with Crippen molar-refractivity contribution in [2.75, 3.05) is 7.11 Å². The molecule has 3 nitrogen and oxygen atoms in total. The minimum Gasteiger partial charge on any atom is -0.496 e. The third-order valence-corrected chi connectivity index (χ3v) is 5.79. The first-order chi connectivity index (χ1) is 11.9. The SMILES string of the molecule is COc1ccc(C)cc1C1=C2C=CC(Br)=[N+]2[B-](F)(F)n2c(Br)ccc21. The summed E-state index contributed by atoms with van der Waals surface area (Å²) in [6, 6.07) is 9.12. The molecule has 128 valence electrons. The van der Waals surface area contributed by atoms with Crippen molar-refractivity contribution >= 4 is 49.0 Å². The van der Waals surface area contributed by atoms with E-state index < -0.39 is 6.97 Å². The standard InChI is InChI=1S/C17H13BBr2F2N2O/c1-10-3-6-14(25-2)11(9-10)17-12-4-7-15(19)23(12)18(21,22)24-13(17)5-8-16(24)20/h3-9H,1-2H3. The third-order valence-electron chi connectivity index (χ3n) is 4.49. The van der Waals surface area contributed by atoms with Gasteiger partial charge in [-0.25, -0.2) is 0 Å². The van der Waals surface area contributed by atoms with Crippen LogP contribution in [-0.4, -0.2) is 27.7 Å². The highest BCUT2D eigenvalue weighted by Crippen LogP contribution is 2.44. The molecule has 3 heterocycles. The quantitative estimate of drug-likeness (QED) is 0.569. The molecular formula is C17H13BBr2F2N2O. The van der Waals surface area contributed by atoms with Gasteiger partial charge < -0.3 is 22.3 Å². The first kappa shape index (κ1) is 16.8. The van der Waals surface area contributed by atoms with Crippen LogP contribution in [0, 0.1) is 6.92 Å². The Morgan fingerprint density at radius 2 is 1.88 bits per heavy atom. The van der Waals surface area contributed by atoms with Crippen LogP contribution in [0.4, 0.5) is 8.63 Å². The number of fused-ring (bicyclic) bond motifs is 2. The highest BCUT2D eigenvalue weighted by molar-refractivity contribution is 9.18. The summed E-state index contributed by atoms with van der Waals surface area (Å²) in [7, 11) is 1.58. The van der Waals surface area contributed by atoms with E-state index in [4.69, 9.17) is 4.74 Å². The summed E-state index contributed by atoms with van der Waals surface area (Å²) >= 11 is 6.54. The van der Waals surface area contributed by atoms with Gasteiger partial charge in [-0.3, -0.25) is 0 Å². The largest absolute Gasteiger partial charge is 0.738 e. The number of halogens is 4. The van der Waals surface area contributed by atoms with Crippen molar-refractivity contribution < 1.29 is 17.9 Å². The monoisotopic (exact) mass is 468 g/mol. The maximum atomic E-state index is 15.2. The Morgan fingerprint density at radius 1 is 1.12 bits per heavy atom. The molecule has 0 fully saturated rings. The Bertz CT molecular complexity index is 1010. The molecule has 8 heteroatoms. The van der Waals surface area contributed by atoms with Crippen molar-refractivity contribution in [2.24, 2.45) is 0 Å². The number of benzene rings is 1. The molecule has 0 aliphatic carbocycles. The number of ether oxygens (including phenoxy) is 1. The Hall–Kier alpha value is -1.67. The van der Waals surface area contributed by atoms with Crippen LogP contribution in [0.2, 0.25) is 0 Å². The first-order valence-electron chi connectivity index (χ1n) is 7.65. The van der Waals surface area contributed by atoms with Crippen molar-refractivity contribution in [2.45, 2.75) is 6.92 Å². The van der Waals surface area contributed by atoms with Crippen molar-refractivity contribution in [3.63, 3.8) is 0 Å². The van der Waals surface area contributed by atoms with Crippen molar-refractivity contribution in [1.82, 2.24) is 4.48 Å². The van der Waals surface area contributed by atoms with Gasteiger partial charge in [0.2, 0.25) is 4.62 Å². The number of methoxy groups -OCH3 is 1. The van der Waals surface area contributed by atoms with E-state index in [1.165, 1.54) is 0 Å². The molecule has 4 rings (SSSR count). The van der Waals surface area contributed by atoms with E-state index >= 15 is 8.63 Å². The van der Waals surface area contributed by atoms with E-state index in [1.54, 1.807) is 31.4 Å². The van der Waals surface area contributed by atoms with Crippen LogP contribution in [0.5, 0.6) is 5.75 Å². The van der Waals surface area contributed by atoms with Gasteiger partial charge in [0, 0.05) is 39.3 Å². The Balaban J connectivity index is 2.13. The summed E-state index contributed by atoms with van der Waals surface area (Å²) in [5.41, 5.74) is 3.44. The third kappa shape index (κ3) is 2.30. The smallest absolute Gasteiger partial charge is 0.496 e. The zero-order valence-corrected chi connectivity index (χ0v) is 16.6. The zero-order chi connectivity index (χ0) is 17.9. The average Bonchev–Trinajstić information content (AvgIpc) is 3.13. The number of aromatic nitrogens is 1. The second-order valence-corrected chi connectivity index (χ2v) is 7.61. The van der Waals surface area contributed by atoms with Gasteiger partial charge in [-0.2, -0.15) is 0 Å². The van der Waals surface area contributed by atoms with Gasteiger partial charge in [-0.1, -0.05) is 11.6 Å². The van der Waals surface area contributed by atoms with Crippen LogP contribution in [0.25, 0.3) is 5.57 Å². The molecule has 0 spiro atoms. The van der Waals surface area contributed by atoms with Crippen LogP contribution < -0.4 is 4.74 Å². The zero-order valence-electron chi connectivity index (χ0n) is 13.4. The lowest BCUT2D eigenvalue weighted by Gasteiger charge is -2.32. The van der Waals surface area contributed by atoms with E-state index in [0.29, 0.717) is 31.9 Å². The van der Waals surface area contributed by atoms with E-state index in [9.17, 15) is 0 Å². The van der Waals surface area contributed by atoms with Crippen molar-refractivity contribution in [1.29, 1.82) is 0 Å². The lowest BCUT2D eigenvalue weighted by Crippen LogP contribution is -2.50. The summed E-state index contributed by atoms with van der Waals surface area (Å²) in [6.45, 7) is -2.04. The van der Waals surface area contributed by atoms with Gasteiger partial charge >= 0.3 is 6.97 Å². The predicted molar refractivity (Wildman–Crippen MR) is 103 cm³/mol. The van der Waals surface area contributed by atoms with E-state index in [2.05, 4.69) is 31.9 Å². The van der Waals surface area contributed by atoms with Crippen LogP contribution in [-0.2, 0) is 0 Å². The number of nitrogens with zero attached hydrogens (tertiary/aromatic N) is 2. The molecule has 25 heavy (non-hydrogen) atoms. The summed E-state index contributed by atoms with van der Waals surface area (Å²) in [4.78, 5) is 0. The van der Waals surface area contributed by atoms with Crippen LogP contribution in [0.1, 0.15) is 16.8 Å². The molecule has 0 saturated heterocycles. The number of hydrogen-bond acceptors (Lipinski definition) is 1. The molecule has 0 bridgehead atoms. The maximum Gasteiger partial charge on any atom is 0.738 e. The number of aryl methyl sites for hydroxylation is 1.